The Kier molecular flexibility index (Phi) is 4.54. The molecule has 0 aliphatic carbocycles. The van der Waals surface area contributed by atoms with Gasteiger partial charge in [-0.25, -0.2) is 0 Å². The van der Waals surface area contributed by atoms with Gasteiger partial charge in [0.05, 0.1) is 33.6 Å². The van der Waals surface area contributed by atoms with Gasteiger partial charge in [-0.15, -0.1) is 0 Å². The minimum absolute atomic E-state index is 0.216. The van der Waals surface area contributed by atoms with Crippen LogP contribution in [0.1, 0.15) is 22.9 Å². The molecule has 1 atom stereocenters. The van der Waals surface area contributed by atoms with Crippen LogP contribution in [0.2, 0.25) is 0 Å². The summed E-state index contributed by atoms with van der Waals surface area (Å²) in [4.78, 5) is 3.54. The van der Waals surface area contributed by atoms with E-state index in [1.807, 2.05) is 18.2 Å². The Bertz CT molecular complexity index is 941. The van der Waals surface area contributed by atoms with Crippen molar-refractivity contribution < 1.29 is 18.9 Å². The number of hydrogen-bond acceptors (Lipinski definition) is 4. The van der Waals surface area contributed by atoms with Crippen LogP contribution in [0.25, 0.3) is 10.9 Å². The molecule has 2 aromatic carbocycles. The molecule has 1 unspecified atom stereocenters. The fraction of sp³-hybridized carbons (Fsp3) is 0.300. The van der Waals surface area contributed by atoms with Crippen molar-refractivity contribution in [2.75, 3.05) is 27.9 Å². The summed E-state index contributed by atoms with van der Waals surface area (Å²) in [5.74, 6) is 1.82. The van der Waals surface area contributed by atoms with Gasteiger partial charge in [0.15, 0.2) is 11.5 Å². The normalized spacial score (nSPS) is 16.4. The molecule has 1 N–H and O–H groups in total. The van der Waals surface area contributed by atoms with Gasteiger partial charge < -0.3 is 23.9 Å². The zero-order valence-corrected chi connectivity index (χ0v) is 16.5. The van der Waals surface area contributed by atoms with Crippen LogP contribution in [-0.2, 0) is 11.2 Å². The molecular formula is C20H20BrNO4. The van der Waals surface area contributed by atoms with Crippen LogP contribution in [0.15, 0.2) is 34.8 Å². The van der Waals surface area contributed by atoms with E-state index in [2.05, 4.69) is 33.0 Å². The van der Waals surface area contributed by atoms with Crippen molar-refractivity contribution >= 4 is 26.8 Å². The highest BCUT2D eigenvalue weighted by atomic mass is 79.9. The minimum Gasteiger partial charge on any atom is -0.493 e. The maximum atomic E-state index is 6.13. The van der Waals surface area contributed by atoms with E-state index in [-0.39, 0.29) is 6.10 Å². The Balaban J connectivity index is 1.89. The predicted molar refractivity (Wildman–Crippen MR) is 104 cm³/mol. The number of aromatic amines is 1. The van der Waals surface area contributed by atoms with Gasteiger partial charge in [-0.1, -0.05) is 22.0 Å². The lowest BCUT2D eigenvalue weighted by molar-refractivity contribution is 0.0673. The van der Waals surface area contributed by atoms with Crippen LogP contribution >= 0.6 is 15.9 Å². The molecule has 0 fully saturated rings. The van der Waals surface area contributed by atoms with Crippen molar-refractivity contribution in [1.82, 2.24) is 4.98 Å². The van der Waals surface area contributed by atoms with Crippen LogP contribution in [0, 0.1) is 0 Å². The molecular weight excluding hydrogens is 398 g/mol. The quantitative estimate of drug-likeness (QED) is 0.672. The van der Waals surface area contributed by atoms with Gasteiger partial charge in [0.25, 0.3) is 0 Å². The highest BCUT2D eigenvalue weighted by Gasteiger charge is 2.29. The summed E-state index contributed by atoms with van der Waals surface area (Å²) in [5.41, 5.74) is 4.43. The van der Waals surface area contributed by atoms with Gasteiger partial charge in [-0.3, -0.25) is 0 Å². The summed E-state index contributed by atoms with van der Waals surface area (Å²) in [7, 11) is 4.84. The van der Waals surface area contributed by atoms with Crippen molar-refractivity contribution in [2.24, 2.45) is 0 Å². The molecule has 136 valence electrons. The summed E-state index contributed by atoms with van der Waals surface area (Å²) in [5, 5.41) is 1.23. The Labute approximate surface area is 160 Å². The van der Waals surface area contributed by atoms with Crippen molar-refractivity contribution in [3.8, 4) is 17.2 Å². The van der Waals surface area contributed by atoms with Crippen LogP contribution in [0.4, 0.5) is 0 Å². The number of halogens is 1. The lowest BCUT2D eigenvalue weighted by Crippen LogP contribution is -2.17. The second-order valence-electron chi connectivity index (χ2n) is 6.14. The summed E-state index contributed by atoms with van der Waals surface area (Å²) < 4.78 is 23.7. The number of benzene rings is 2. The summed E-state index contributed by atoms with van der Waals surface area (Å²) in [6.45, 7) is 0.655. The van der Waals surface area contributed by atoms with Gasteiger partial charge in [-0.2, -0.15) is 0 Å². The molecule has 26 heavy (non-hydrogen) atoms. The van der Waals surface area contributed by atoms with E-state index >= 15 is 0 Å². The molecule has 0 radical (unpaired) electrons. The number of ether oxygens (including phenoxy) is 4. The summed E-state index contributed by atoms with van der Waals surface area (Å²) in [6.07, 6.45) is 0.658. The molecule has 0 bridgehead atoms. The van der Waals surface area contributed by atoms with E-state index < -0.39 is 0 Å². The van der Waals surface area contributed by atoms with Gasteiger partial charge in [0.2, 0.25) is 5.75 Å². The smallest absolute Gasteiger partial charge is 0.203 e. The maximum absolute atomic E-state index is 6.13. The number of rotatable bonds is 4. The molecule has 6 heteroatoms. The van der Waals surface area contributed by atoms with Gasteiger partial charge in [0.1, 0.15) is 6.10 Å². The monoisotopic (exact) mass is 417 g/mol. The molecule has 0 amide bonds. The van der Waals surface area contributed by atoms with Crippen LogP contribution < -0.4 is 14.2 Å². The first-order valence-corrected chi connectivity index (χ1v) is 9.17. The maximum Gasteiger partial charge on any atom is 0.203 e. The third kappa shape index (κ3) is 2.64. The molecule has 0 saturated heterocycles. The molecule has 0 spiro atoms. The first kappa shape index (κ1) is 17.2. The number of fused-ring (bicyclic) bond motifs is 3. The largest absolute Gasteiger partial charge is 0.493 e. The first-order valence-electron chi connectivity index (χ1n) is 8.38. The fourth-order valence-corrected chi connectivity index (χ4v) is 4.26. The summed E-state index contributed by atoms with van der Waals surface area (Å²) >= 11 is 3.68. The Hall–Kier alpha value is -2.18. The van der Waals surface area contributed by atoms with E-state index in [4.69, 9.17) is 18.9 Å². The fourth-order valence-electron chi connectivity index (χ4n) is 3.65. The second-order valence-corrected chi connectivity index (χ2v) is 6.99. The van der Waals surface area contributed by atoms with Crippen molar-refractivity contribution in [2.45, 2.75) is 12.5 Å². The number of nitrogens with one attached hydrogen (secondary N) is 1. The average Bonchev–Trinajstić information content (AvgIpc) is 3.06. The molecule has 1 aromatic heterocycles. The van der Waals surface area contributed by atoms with E-state index in [0.29, 0.717) is 23.9 Å². The zero-order valence-electron chi connectivity index (χ0n) is 14.9. The number of H-pyrrole nitrogens is 1. The molecule has 1 aliphatic rings. The van der Waals surface area contributed by atoms with Gasteiger partial charge in [-0.05, 0) is 41.8 Å². The average molecular weight is 418 g/mol. The topological polar surface area (TPSA) is 52.7 Å². The standard InChI is InChI=1S/C20H20BrNO4/c1-23-15-9-11(10-16(24-2)20(15)25-3)19-18-12(7-8-26-19)17-13(21)5-4-6-14(17)22-18/h4-6,9-10,19,22H,7-8H2,1-3H3. The van der Waals surface area contributed by atoms with Crippen molar-refractivity contribution in [1.29, 1.82) is 0 Å². The van der Waals surface area contributed by atoms with Crippen molar-refractivity contribution in [3.05, 3.63) is 51.6 Å². The number of hydrogen-bond donors (Lipinski definition) is 1. The van der Waals surface area contributed by atoms with Crippen LogP contribution in [0.5, 0.6) is 17.2 Å². The Morgan fingerprint density at radius 2 is 1.81 bits per heavy atom. The van der Waals surface area contributed by atoms with Gasteiger partial charge >= 0.3 is 0 Å². The highest BCUT2D eigenvalue weighted by molar-refractivity contribution is 9.10. The number of aromatic nitrogens is 1. The first-order chi connectivity index (χ1) is 12.7. The molecule has 4 rings (SSSR count). The highest BCUT2D eigenvalue weighted by Crippen LogP contribution is 2.44. The van der Waals surface area contributed by atoms with Crippen LogP contribution in [0.3, 0.4) is 0 Å². The van der Waals surface area contributed by atoms with Gasteiger partial charge in [0, 0.05) is 15.4 Å². The zero-order chi connectivity index (χ0) is 18.3. The minimum atomic E-state index is -0.216. The van der Waals surface area contributed by atoms with E-state index in [9.17, 15) is 0 Å². The van der Waals surface area contributed by atoms with Crippen molar-refractivity contribution in [3.63, 3.8) is 0 Å². The number of methoxy groups -OCH3 is 3. The Morgan fingerprint density at radius 3 is 2.46 bits per heavy atom. The summed E-state index contributed by atoms with van der Waals surface area (Å²) in [6, 6.07) is 10.1. The third-order valence-corrected chi connectivity index (χ3v) is 5.46. The molecule has 5 nitrogen and oxygen atoms in total. The van der Waals surface area contributed by atoms with E-state index in [0.717, 1.165) is 27.7 Å². The second kappa shape index (κ2) is 6.85. The molecule has 3 aromatic rings. The SMILES string of the molecule is COc1cc(C2OCCc3c2[nH]c2cccc(Br)c32)cc(OC)c1OC. The predicted octanol–water partition coefficient (Wildman–Crippen LogP) is 4.62. The van der Waals surface area contributed by atoms with E-state index in [1.54, 1.807) is 21.3 Å². The molecule has 2 heterocycles. The molecule has 1 aliphatic heterocycles. The van der Waals surface area contributed by atoms with E-state index in [1.165, 1.54) is 10.9 Å². The lowest BCUT2D eigenvalue weighted by atomic mass is 9.97. The molecule has 0 saturated carbocycles. The van der Waals surface area contributed by atoms with Crippen LogP contribution in [-0.4, -0.2) is 32.9 Å². The Morgan fingerprint density at radius 1 is 1.08 bits per heavy atom. The lowest BCUT2D eigenvalue weighted by Gasteiger charge is -2.25. The third-order valence-electron chi connectivity index (χ3n) is 4.80.